The van der Waals surface area contributed by atoms with Crippen LogP contribution in [-0.2, 0) is 11.3 Å². The van der Waals surface area contributed by atoms with Gasteiger partial charge in [-0.15, -0.1) is 0 Å². The zero-order valence-electron chi connectivity index (χ0n) is 16.4. The fourth-order valence-electron chi connectivity index (χ4n) is 2.64. The Labute approximate surface area is 192 Å². The van der Waals surface area contributed by atoms with E-state index in [-0.39, 0.29) is 22.3 Å². The molecule has 0 saturated carbocycles. The molecule has 0 unspecified atom stereocenters. The fourth-order valence-corrected chi connectivity index (χ4v) is 3.15. The summed E-state index contributed by atoms with van der Waals surface area (Å²) in [5, 5.41) is 32.9. The Balaban J connectivity index is 1.66. The molecule has 0 aliphatic carbocycles. The monoisotopic (exact) mass is 517 g/mol. The molecule has 13 heteroatoms. The van der Waals surface area contributed by atoms with E-state index in [9.17, 15) is 35.1 Å². The van der Waals surface area contributed by atoms with E-state index in [2.05, 4.69) is 15.9 Å². The molecule has 0 aromatic heterocycles. The summed E-state index contributed by atoms with van der Waals surface area (Å²) >= 11 is 2.80. The number of hydrogen-bond donors (Lipinski definition) is 0. The van der Waals surface area contributed by atoms with Gasteiger partial charge >= 0.3 is 5.97 Å². The highest BCUT2D eigenvalue weighted by Crippen LogP contribution is 2.35. The summed E-state index contributed by atoms with van der Waals surface area (Å²) in [4.78, 5) is 43.0. The molecule has 3 aromatic rings. The molecular weight excluding hydrogens is 506 g/mol. The topological polar surface area (TPSA) is 165 Å². The van der Waals surface area contributed by atoms with Gasteiger partial charge in [-0.1, -0.05) is 12.1 Å². The van der Waals surface area contributed by atoms with Gasteiger partial charge in [0.1, 0.15) is 18.1 Å². The molecule has 0 fully saturated rings. The van der Waals surface area contributed by atoms with E-state index >= 15 is 0 Å². The van der Waals surface area contributed by atoms with Gasteiger partial charge in [0.25, 0.3) is 17.1 Å². The maximum absolute atomic E-state index is 12.3. The second kappa shape index (κ2) is 9.82. The van der Waals surface area contributed by atoms with Crippen molar-refractivity contribution in [2.45, 2.75) is 6.61 Å². The van der Waals surface area contributed by atoms with Crippen LogP contribution in [0.5, 0.6) is 11.5 Å². The van der Waals surface area contributed by atoms with Gasteiger partial charge in [-0.3, -0.25) is 30.3 Å². The number of benzene rings is 3. The van der Waals surface area contributed by atoms with E-state index in [4.69, 9.17) is 9.47 Å². The molecule has 168 valence electrons. The molecule has 0 aliphatic heterocycles. The normalized spacial score (nSPS) is 10.3. The van der Waals surface area contributed by atoms with Gasteiger partial charge < -0.3 is 9.47 Å². The van der Waals surface area contributed by atoms with Crippen LogP contribution in [0.3, 0.4) is 0 Å². The highest BCUT2D eigenvalue weighted by atomic mass is 79.9. The number of nitro groups is 3. The number of ether oxygens (including phenoxy) is 2. The van der Waals surface area contributed by atoms with Crippen LogP contribution in [0.2, 0.25) is 0 Å². The molecule has 0 radical (unpaired) electrons. The van der Waals surface area contributed by atoms with Crippen LogP contribution in [0.1, 0.15) is 15.9 Å². The maximum atomic E-state index is 12.3. The minimum atomic E-state index is -0.972. The standard InChI is InChI=1S/C20H12BrN3O9/c21-19-17(23(28)29)9-13(10-18(19)24(30)31)20(25)32-11-12-1-5-15(6-2-12)33-16-7-3-14(4-8-16)22(26)27/h1-10H,11H2. The van der Waals surface area contributed by atoms with Crippen molar-refractivity contribution in [3.63, 3.8) is 0 Å². The minimum absolute atomic E-state index is 0.0686. The van der Waals surface area contributed by atoms with Crippen LogP contribution in [0.25, 0.3) is 0 Å². The van der Waals surface area contributed by atoms with Crippen molar-refractivity contribution in [1.82, 2.24) is 0 Å². The van der Waals surface area contributed by atoms with Crippen molar-refractivity contribution in [2.24, 2.45) is 0 Å². The Morgan fingerprint density at radius 3 is 1.73 bits per heavy atom. The van der Waals surface area contributed by atoms with Gasteiger partial charge in [0, 0.05) is 24.3 Å². The number of halogens is 1. The second-order valence-corrected chi connectivity index (χ2v) is 7.21. The molecule has 0 amide bonds. The van der Waals surface area contributed by atoms with Gasteiger partial charge in [0.2, 0.25) is 0 Å². The Kier molecular flexibility index (Phi) is 6.93. The van der Waals surface area contributed by atoms with Crippen molar-refractivity contribution in [1.29, 1.82) is 0 Å². The van der Waals surface area contributed by atoms with Crippen LogP contribution in [-0.4, -0.2) is 20.7 Å². The summed E-state index contributed by atoms with van der Waals surface area (Å²) in [6.45, 7) is -0.200. The lowest BCUT2D eigenvalue weighted by molar-refractivity contribution is -0.395. The SMILES string of the molecule is O=C(OCc1ccc(Oc2ccc([N+](=O)[O-])cc2)cc1)c1cc([N+](=O)[O-])c(Br)c([N+](=O)[O-])c1. The Morgan fingerprint density at radius 2 is 1.27 bits per heavy atom. The van der Waals surface area contributed by atoms with Gasteiger partial charge in [0.05, 0.1) is 20.3 Å². The molecule has 33 heavy (non-hydrogen) atoms. The van der Waals surface area contributed by atoms with Crippen molar-refractivity contribution in [3.05, 3.63) is 107 Å². The van der Waals surface area contributed by atoms with Crippen molar-refractivity contribution in [2.75, 3.05) is 0 Å². The number of non-ortho nitro benzene ring substituents is 1. The largest absolute Gasteiger partial charge is 0.457 e. The number of esters is 1. The smallest absolute Gasteiger partial charge is 0.338 e. The molecule has 0 heterocycles. The molecular formula is C20H12BrN3O9. The molecule has 0 spiro atoms. The Hall–Kier alpha value is -4.39. The summed E-state index contributed by atoms with van der Waals surface area (Å²) in [6, 6.07) is 13.6. The second-order valence-electron chi connectivity index (χ2n) is 6.42. The van der Waals surface area contributed by atoms with E-state index < -0.39 is 32.1 Å². The highest BCUT2D eigenvalue weighted by Gasteiger charge is 2.27. The molecule has 0 N–H and O–H groups in total. The lowest BCUT2D eigenvalue weighted by Crippen LogP contribution is -2.07. The average Bonchev–Trinajstić information content (AvgIpc) is 2.78. The molecule has 0 saturated heterocycles. The third-order valence-electron chi connectivity index (χ3n) is 4.24. The van der Waals surface area contributed by atoms with Crippen molar-refractivity contribution >= 4 is 39.0 Å². The fraction of sp³-hybridized carbons (Fsp3) is 0.0500. The third kappa shape index (κ3) is 5.65. The number of rotatable bonds is 8. The first-order valence-corrected chi connectivity index (χ1v) is 9.75. The summed E-state index contributed by atoms with van der Waals surface area (Å²) in [5.74, 6) is -0.156. The first-order chi connectivity index (χ1) is 15.7. The van der Waals surface area contributed by atoms with Gasteiger partial charge in [0.15, 0.2) is 4.47 Å². The summed E-state index contributed by atoms with van der Waals surface area (Å²) in [5.41, 5.74) is -1.12. The van der Waals surface area contributed by atoms with E-state index in [1.165, 1.54) is 24.3 Å². The van der Waals surface area contributed by atoms with Gasteiger partial charge in [-0.25, -0.2) is 4.79 Å². The molecule has 3 aromatic carbocycles. The quantitative estimate of drug-likeness (QED) is 0.218. The summed E-state index contributed by atoms with van der Waals surface area (Å²) in [6.07, 6.45) is 0. The molecule has 12 nitrogen and oxygen atoms in total. The van der Waals surface area contributed by atoms with Gasteiger partial charge in [-0.2, -0.15) is 0 Å². The van der Waals surface area contributed by atoms with Crippen LogP contribution in [0, 0.1) is 30.3 Å². The number of carbonyl (C=O) groups is 1. The van der Waals surface area contributed by atoms with Gasteiger partial charge in [-0.05, 0) is 45.8 Å². The molecule has 3 rings (SSSR count). The number of carbonyl (C=O) groups excluding carboxylic acids is 1. The van der Waals surface area contributed by atoms with Crippen LogP contribution in [0.15, 0.2) is 65.1 Å². The van der Waals surface area contributed by atoms with E-state index in [0.717, 1.165) is 12.1 Å². The first-order valence-electron chi connectivity index (χ1n) is 8.96. The van der Waals surface area contributed by atoms with Crippen LogP contribution < -0.4 is 4.74 Å². The molecule has 0 bridgehead atoms. The lowest BCUT2D eigenvalue weighted by atomic mass is 10.1. The zero-order chi connectivity index (χ0) is 24.1. The Bertz CT molecular complexity index is 1210. The average molecular weight is 518 g/mol. The third-order valence-corrected chi connectivity index (χ3v) is 5.05. The van der Waals surface area contributed by atoms with E-state index in [1.54, 1.807) is 24.3 Å². The van der Waals surface area contributed by atoms with E-state index in [1.807, 2.05) is 0 Å². The van der Waals surface area contributed by atoms with Crippen molar-refractivity contribution < 1.29 is 29.0 Å². The minimum Gasteiger partial charge on any atom is -0.457 e. The van der Waals surface area contributed by atoms with Crippen LogP contribution >= 0.6 is 15.9 Å². The predicted octanol–water partition coefficient (Wildman–Crippen LogP) is 5.32. The first kappa shape index (κ1) is 23.3. The predicted molar refractivity (Wildman–Crippen MR) is 116 cm³/mol. The lowest BCUT2D eigenvalue weighted by Gasteiger charge is -2.08. The maximum Gasteiger partial charge on any atom is 0.338 e. The number of nitro benzene ring substituents is 3. The zero-order valence-corrected chi connectivity index (χ0v) is 18.0. The number of nitrogens with zero attached hydrogens (tertiary/aromatic N) is 3. The van der Waals surface area contributed by atoms with E-state index in [0.29, 0.717) is 17.1 Å². The van der Waals surface area contributed by atoms with Crippen molar-refractivity contribution in [3.8, 4) is 11.5 Å². The highest BCUT2D eigenvalue weighted by molar-refractivity contribution is 9.10. The Morgan fingerprint density at radius 1 is 0.788 bits per heavy atom. The molecule has 0 aliphatic rings. The summed E-state index contributed by atoms with van der Waals surface area (Å²) < 4.78 is 10.3. The summed E-state index contributed by atoms with van der Waals surface area (Å²) in [7, 11) is 0. The van der Waals surface area contributed by atoms with Crippen LogP contribution in [0.4, 0.5) is 17.1 Å². The number of hydrogen-bond acceptors (Lipinski definition) is 9. The molecule has 0 atom stereocenters.